The Morgan fingerprint density at radius 1 is 0.676 bits per heavy atom. The summed E-state index contributed by atoms with van der Waals surface area (Å²) in [6, 6.07) is -7.90. The van der Waals surface area contributed by atoms with Crippen molar-refractivity contribution in [3.05, 3.63) is 44.6 Å². The van der Waals surface area contributed by atoms with Gasteiger partial charge in [-0.3, -0.25) is 52.7 Å². The molecule has 0 unspecified atom stereocenters. The van der Waals surface area contributed by atoms with Crippen molar-refractivity contribution in [1.29, 1.82) is 0 Å². The number of benzene rings is 2. The van der Waals surface area contributed by atoms with E-state index in [-0.39, 0.29) is 53.9 Å². The van der Waals surface area contributed by atoms with Gasteiger partial charge in [0.25, 0.3) is 11.8 Å². The molecule has 102 heavy (non-hydrogen) atoms. The number of likely N-dealkylation sites (N-methyl/N-ethyl adjacent to an activating group) is 4. The van der Waals surface area contributed by atoms with Gasteiger partial charge in [-0.15, -0.1) is 0 Å². The lowest BCUT2D eigenvalue weighted by Gasteiger charge is -2.36. The lowest BCUT2D eigenvalue weighted by Crippen LogP contribution is -2.61. The van der Waals surface area contributed by atoms with E-state index >= 15 is 9.59 Å². The summed E-state index contributed by atoms with van der Waals surface area (Å²) >= 11 is 0.665. The van der Waals surface area contributed by atoms with Gasteiger partial charge in [0.15, 0.2) is 11.3 Å². The van der Waals surface area contributed by atoms with E-state index in [1.165, 1.54) is 80.7 Å². The van der Waals surface area contributed by atoms with Crippen LogP contribution in [-0.2, 0) is 62.0 Å². The molecule has 0 bridgehead atoms. The third-order valence-corrected chi connectivity index (χ3v) is 20.9. The number of aromatic nitrogens is 1. The zero-order chi connectivity index (χ0) is 76.4. The predicted octanol–water partition coefficient (Wildman–Crippen LogP) is 0.476. The molecule has 7 rings (SSSR count). The van der Waals surface area contributed by atoms with Crippen LogP contribution in [0.2, 0.25) is 0 Å². The van der Waals surface area contributed by atoms with Gasteiger partial charge in [-0.05, 0) is 120 Å². The molecule has 0 aromatic heterocycles. The highest BCUT2D eigenvalue weighted by molar-refractivity contribution is 8.54. The number of nitrogens with two attached hydrogens (primary N) is 2. The molecular formula is C67H101N14O19PS. The van der Waals surface area contributed by atoms with E-state index in [0.717, 1.165) is 22.8 Å². The van der Waals surface area contributed by atoms with Crippen molar-refractivity contribution in [2.24, 2.45) is 29.4 Å². The molecule has 1 aliphatic carbocycles. The zero-order valence-electron chi connectivity index (χ0n) is 60.9. The molecule has 0 saturated carbocycles. The number of anilines is 1. The van der Waals surface area contributed by atoms with Crippen LogP contribution in [-0.4, -0.2) is 255 Å². The Morgan fingerprint density at radius 3 is 1.55 bits per heavy atom. The number of cyclic esters (lactones) is 2. The predicted molar refractivity (Wildman–Crippen MR) is 377 cm³/mol. The van der Waals surface area contributed by atoms with Crippen molar-refractivity contribution in [3.8, 4) is 11.5 Å². The summed E-state index contributed by atoms with van der Waals surface area (Å²) in [4.78, 5) is 216. The number of carbonyl (C=O) groups excluding carboxylic acids is 12. The van der Waals surface area contributed by atoms with Crippen molar-refractivity contribution in [2.75, 3.05) is 85.5 Å². The molecule has 1 aromatic rings. The fourth-order valence-corrected chi connectivity index (χ4v) is 14.3. The van der Waals surface area contributed by atoms with Crippen LogP contribution in [0.1, 0.15) is 133 Å². The number of aryl methyl sites for hydroxylation is 1. The molecule has 0 spiro atoms. The number of hydrogen-bond acceptors (Lipinski definition) is 22. The maximum Gasteiger partial charge on any atom is 0.384 e. The average Bonchev–Trinajstić information content (AvgIpc) is 0.878. The topological polar surface area (TPSA) is 456 Å². The summed E-state index contributed by atoms with van der Waals surface area (Å²) in [5.74, 6) is -11.9. The summed E-state index contributed by atoms with van der Waals surface area (Å²) in [5.41, 5.74) is 8.81. The molecule has 6 aliphatic rings. The molecule has 5 heterocycles. The molecule has 35 heteroatoms. The smallest absolute Gasteiger partial charge is 0.384 e. The number of nitrogens with one attached hydrogen (secondary N) is 5. The van der Waals surface area contributed by atoms with E-state index in [0.29, 0.717) is 48.6 Å². The minimum absolute atomic E-state index is 0.0763. The van der Waals surface area contributed by atoms with E-state index in [4.69, 9.17) is 40.1 Å². The van der Waals surface area contributed by atoms with Gasteiger partial charge in [-0.1, -0.05) is 61.5 Å². The summed E-state index contributed by atoms with van der Waals surface area (Å²) < 4.78 is 28.6. The molecule has 33 nitrogen and oxygen atoms in total. The van der Waals surface area contributed by atoms with Crippen molar-refractivity contribution >= 4 is 106 Å². The maximum atomic E-state index is 15.2. The van der Waals surface area contributed by atoms with Crippen molar-refractivity contribution < 1.29 is 85.8 Å². The fourth-order valence-electron chi connectivity index (χ4n) is 12.9. The highest BCUT2D eigenvalue weighted by atomic mass is 32.7. The average molecular weight is 1470 g/mol. The Morgan fingerprint density at radius 2 is 1.13 bits per heavy atom. The van der Waals surface area contributed by atoms with Gasteiger partial charge in [0.1, 0.15) is 71.8 Å². The van der Waals surface area contributed by atoms with Gasteiger partial charge >= 0.3 is 18.7 Å². The Bertz CT molecular complexity index is 3750. The third-order valence-electron chi connectivity index (χ3n) is 18.6. The Labute approximate surface area is 596 Å². The van der Waals surface area contributed by atoms with E-state index in [1.807, 2.05) is 0 Å². The zero-order valence-corrected chi connectivity index (χ0v) is 62.6. The molecule has 0 radical (unpaired) electrons. The van der Waals surface area contributed by atoms with Crippen molar-refractivity contribution in [3.63, 3.8) is 0 Å². The first-order valence-corrected chi connectivity index (χ1v) is 37.4. The van der Waals surface area contributed by atoms with E-state index < -0.39 is 197 Å². The normalized spacial score (nSPS) is 24.5. The quantitative estimate of drug-likeness (QED) is 0.0328. The van der Waals surface area contributed by atoms with Crippen molar-refractivity contribution in [1.82, 2.24) is 61.0 Å². The van der Waals surface area contributed by atoms with E-state index in [9.17, 15) is 57.3 Å². The second-order valence-corrected chi connectivity index (χ2v) is 31.6. The lowest BCUT2D eigenvalue weighted by atomic mass is 9.98. The maximum absolute atomic E-state index is 15.2. The van der Waals surface area contributed by atoms with Crippen LogP contribution in [0.4, 0.5) is 5.69 Å². The number of ether oxygens (including phenoxy) is 2. The highest BCUT2D eigenvalue weighted by Crippen LogP contribution is 2.49. The number of esters is 2. The molecule has 564 valence electrons. The fraction of sp³-hybridized carbons (Fsp3) is 0.642. The Hall–Kier alpha value is -8.30. The second-order valence-electron chi connectivity index (χ2n) is 27.8. The minimum atomic E-state index is -3.87. The third kappa shape index (κ3) is 19.3. The SMILES string of the molecule is Cc1c2oc3c(C)ccc(C(=O)N[C@@H]4C(=O)N[C@H](C(C)C)C(=O)N5CCC[C@H]5C(=O)N(C)CC(=O)N(C)[C@@H](C(C)C)C(=O)O[C@@H]4C)c3nc-2c(C(=O)N[C@@H]2C(=O)N[C@H](C(C)C)C(=O)N3CCC[C@H]3C(=O)N(C)CC(=O)N(C)[C@@H](C(C)C)C(=O)O[C@@H]2C)c(N)c1=O.NCCCNCCSP(=O)(O)O. The lowest BCUT2D eigenvalue weighted by molar-refractivity contribution is -0.163. The van der Waals surface area contributed by atoms with E-state index in [2.05, 4.69) is 26.6 Å². The van der Waals surface area contributed by atoms with Gasteiger partial charge in [0.2, 0.25) is 52.7 Å². The van der Waals surface area contributed by atoms with Crippen LogP contribution < -0.4 is 43.5 Å². The Kier molecular flexibility index (Phi) is 28.6. The molecule has 10 atom stereocenters. The molecule has 10 amide bonds. The van der Waals surface area contributed by atoms with Gasteiger partial charge < -0.3 is 91.1 Å². The first-order chi connectivity index (χ1) is 47.7. The number of amides is 10. The summed E-state index contributed by atoms with van der Waals surface area (Å²) in [5, 5.41) is 13.7. The molecule has 4 fully saturated rings. The van der Waals surface area contributed by atoms with E-state index in [1.54, 1.807) is 62.3 Å². The molecular weight excluding hydrogens is 1370 g/mol. The van der Waals surface area contributed by atoms with Crippen molar-refractivity contribution in [2.45, 2.75) is 176 Å². The first kappa shape index (κ1) is 82.7. The van der Waals surface area contributed by atoms with Gasteiger partial charge in [0, 0.05) is 59.1 Å². The second kappa shape index (κ2) is 35.3. The van der Waals surface area contributed by atoms with Gasteiger partial charge in [0.05, 0.1) is 29.9 Å². The standard InChI is InChI=1S/C62H86N12O16.C5H15N2O3PS/c1-27(2)42-59(84)73-23-17-19-36(73)57(82)69(13)25-38(75)71(15)48(29(5)6)61(86)88-33(11)44(55(80)65-42)67-53(78)35-22-21-31(9)51-46(35)64-47-40(41(63)50(77)32(10)52(47)90-51)54(79)68-45-34(12)89-62(87)49(30(7)8)72(16)39(76)26-70(14)58(83)37-20-18-24-74(37)60(85)43(28(3)4)66-56(45)81;6-2-1-3-7-4-5-12-11(8,9)10/h21-22,27-30,33-34,36-37,42-45,48-49H,17-20,23-26,63H2,1-16H3,(H,65,80)(H,66,81)(H,67,78)(H,68,79);7H,1-6H2,(H2,8,9,10)/t33-,34-,36+,37+,42-,43-,44+,45+,48+,49+;/m1./s1. The molecule has 5 aliphatic heterocycles. The van der Waals surface area contributed by atoms with Crippen LogP contribution in [0.3, 0.4) is 0 Å². The number of nitrogens with zero attached hydrogens (tertiary/aromatic N) is 7. The number of hydrogen-bond donors (Lipinski definition) is 9. The number of nitrogen functional groups attached to an aromatic ring is 1. The summed E-state index contributed by atoms with van der Waals surface area (Å²) in [6.45, 7) is 16.5. The van der Waals surface area contributed by atoms with Crippen LogP contribution in [0, 0.1) is 37.5 Å². The van der Waals surface area contributed by atoms with Crippen LogP contribution >= 0.6 is 18.2 Å². The number of rotatable bonds is 15. The number of carbonyl (C=O) groups is 12. The van der Waals surface area contributed by atoms with Gasteiger partial charge in [-0.2, -0.15) is 0 Å². The largest absolute Gasteiger partial charge is 0.458 e. The summed E-state index contributed by atoms with van der Waals surface area (Å²) in [7, 11) is 5.59. The molecule has 4 saturated heterocycles. The minimum Gasteiger partial charge on any atom is -0.458 e. The molecule has 1 aromatic carbocycles. The van der Waals surface area contributed by atoms with Crippen LogP contribution in [0.15, 0.2) is 21.3 Å². The van der Waals surface area contributed by atoms with Crippen LogP contribution in [0.5, 0.6) is 0 Å². The highest BCUT2D eigenvalue weighted by Gasteiger charge is 2.47. The summed E-state index contributed by atoms with van der Waals surface area (Å²) in [6.07, 6.45) is -0.761. The first-order valence-electron chi connectivity index (χ1n) is 34.2. The Balaban J connectivity index is 0.00000124. The van der Waals surface area contributed by atoms with Gasteiger partial charge in [-0.25, -0.2) is 19.1 Å². The molecule has 11 N–H and O–H groups in total. The number of fused-ring (bicyclic) bond motifs is 4. The monoisotopic (exact) mass is 1470 g/mol. The van der Waals surface area contributed by atoms with Crippen LogP contribution in [0.25, 0.3) is 22.6 Å².